The Morgan fingerprint density at radius 1 is 0.842 bits per heavy atom. The third-order valence-corrected chi connectivity index (χ3v) is 2.73. The Balaban J connectivity index is 0.000000861. The van der Waals surface area contributed by atoms with Crippen LogP contribution in [0, 0.1) is 6.92 Å². The highest BCUT2D eigenvalue weighted by atomic mass is 16.1. The highest BCUT2D eigenvalue weighted by Gasteiger charge is 2.04. The van der Waals surface area contributed by atoms with Gasteiger partial charge >= 0.3 is 0 Å². The molecule has 100 valence electrons. The Morgan fingerprint density at radius 2 is 1.42 bits per heavy atom. The molecule has 0 aromatic heterocycles. The summed E-state index contributed by atoms with van der Waals surface area (Å²) in [4.78, 5) is 11.9. The van der Waals surface area contributed by atoms with E-state index >= 15 is 0 Å². The standard InChI is InChI=1S/C16H16O.C2H6/c1-13-6-5-9-15(10-13)12-16(17)11-14-7-3-2-4-8-14;1-2/h2-10H,11-12H2,1H3;1-2H3. The van der Waals surface area contributed by atoms with Crippen LogP contribution >= 0.6 is 0 Å². The molecule has 1 heteroatoms. The number of carbonyl (C=O) groups excluding carboxylic acids is 1. The lowest BCUT2D eigenvalue weighted by molar-refractivity contribution is -0.117. The van der Waals surface area contributed by atoms with E-state index in [1.165, 1.54) is 5.56 Å². The number of Topliss-reactive ketones (excluding diaryl/α,β-unsaturated/α-hetero) is 1. The van der Waals surface area contributed by atoms with Crippen LogP contribution in [-0.2, 0) is 17.6 Å². The van der Waals surface area contributed by atoms with Crippen molar-refractivity contribution in [3.63, 3.8) is 0 Å². The minimum atomic E-state index is 0.266. The highest BCUT2D eigenvalue weighted by Crippen LogP contribution is 2.07. The average molecular weight is 254 g/mol. The third kappa shape index (κ3) is 5.52. The zero-order valence-corrected chi connectivity index (χ0v) is 12.0. The van der Waals surface area contributed by atoms with Gasteiger partial charge in [-0.1, -0.05) is 74.0 Å². The molecule has 0 amide bonds. The maximum Gasteiger partial charge on any atom is 0.141 e. The van der Waals surface area contributed by atoms with Crippen LogP contribution < -0.4 is 0 Å². The van der Waals surface area contributed by atoms with Crippen LogP contribution in [0.5, 0.6) is 0 Å². The van der Waals surface area contributed by atoms with Gasteiger partial charge in [0.05, 0.1) is 0 Å². The molecular weight excluding hydrogens is 232 g/mol. The summed E-state index contributed by atoms with van der Waals surface area (Å²) >= 11 is 0. The number of hydrogen-bond acceptors (Lipinski definition) is 1. The number of carbonyl (C=O) groups is 1. The molecule has 0 spiro atoms. The number of aryl methyl sites for hydroxylation is 1. The Hall–Kier alpha value is -1.89. The molecular formula is C18H22O. The largest absolute Gasteiger partial charge is 0.299 e. The molecule has 0 aliphatic carbocycles. The summed E-state index contributed by atoms with van der Waals surface area (Å²) in [6.07, 6.45) is 1.05. The monoisotopic (exact) mass is 254 g/mol. The van der Waals surface area contributed by atoms with Crippen LogP contribution in [0.4, 0.5) is 0 Å². The van der Waals surface area contributed by atoms with Gasteiger partial charge in [-0.25, -0.2) is 0 Å². The number of rotatable bonds is 4. The first-order valence-electron chi connectivity index (χ1n) is 6.85. The smallest absolute Gasteiger partial charge is 0.141 e. The molecule has 0 fully saturated rings. The van der Waals surface area contributed by atoms with E-state index in [0.29, 0.717) is 12.8 Å². The molecule has 0 saturated heterocycles. The number of hydrogen-bond donors (Lipinski definition) is 0. The van der Waals surface area contributed by atoms with Crippen LogP contribution in [0.2, 0.25) is 0 Å². The van der Waals surface area contributed by atoms with E-state index < -0.39 is 0 Å². The van der Waals surface area contributed by atoms with Crippen molar-refractivity contribution in [2.24, 2.45) is 0 Å². The van der Waals surface area contributed by atoms with Crippen molar-refractivity contribution in [3.8, 4) is 0 Å². The molecule has 2 aromatic carbocycles. The predicted octanol–water partition coefficient (Wildman–Crippen LogP) is 4.38. The quantitative estimate of drug-likeness (QED) is 0.791. The molecule has 1 nitrogen and oxygen atoms in total. The summed E-state index contributed by atoms with van der Waals surface area (Å²) in [5.41, 5.74) is 3.39. The molecule has 0 aliphatic rings. The van der Waals surface area contributed by atoms with Gasteiger partial charge < -0.3 is 0 Å². The molecule has 0 heterocycles. The lowest BCUT2D eigenvalue weighted by Gasteiger charge is -2.02. The summed E-state index contributed by atoms with van der Waals surface area (Å²) in [5.74, 6) is 0.266. The topological polar surface area (TPSA) is 17.1 Å². The van der Waals surface area contributed by atoms with E-state index in [2.05, 4.69) is 6.07 Å². The summed E-state index contributed by atoms with van der Waals surface area (Å²) in [6, 6.07) is 18.0. The summed E-state index contributed by atoms with van der Waals surface area (Å²) in [7, 11) is 0. The summed E-state index contributed by atoms with van der Waals surface area (Å²) in [6.45, 7) is 6.05. The minimum absolute atomic E-state index is 0.266. The molecule has 0 bridgehead atoms. The normalized spacial score (nSPS) is 9.42. The lowest BCUT2D eigenvalue weighted by Crippen LogP contribution is -2.06. The van der Waals surface area contributed by atoms with Crippen LogP contribution in [-0.4, -0.2) is 5.78 Å². The van der Waals surface area contributed by atoms with E-state index in [0.717, 1.165) is 11.1 Å². The van der Waals surface area contributed by atoms with Crippen molar-refractivity contribution in [2.45, 2.75) is 33.6 Å². The van der Waals surface area contributed by atoms with E-state index in [-0.39, 0.29) is 5.78 Å². The maximum absolute atomic E-state index is 11.9. The van der Waals surface area contributed by atoms with Gasteiger partial charge in [0.2, 0.25) is 0 Å². The predicted molar refractivity (Wildman–Crippen MR) is 81.4 cm³/mol. The fourth-order valence-corrected chi connectivity index (χ4v) is 1.94. The van der Waals surface area contributed by atoms with Crippen LogP contribution in [0.1, 0.15) is 30.5 Å². The second kappa shape index (κ2) is 8.25. The van der Waals surface area contributed by atoms with Crippen LogP contribution in [0.3, 0.4) is 0 Å². The van der Waals surface area contributed by atoms with E-state index in [4.69, 9.17) is 0 Å². The van der Waals surface area contributed by atoms with E-state index in [1.54, 1.807) is 0 Å². The van der Waals surface area contributed by atoms with Crippen molar-refractivity contribution < 1.29 is 4.79 Å². The fraction of sp³-hybridized carbons (Fsp3) is 0.278. The van der Waals surface area contributed by atoms with Crippen LogP contribution in [0.15, 0.2) is 54.6 Å². The average Bonchev–Trinajstić information content (AvgIpc) is 2.42. The van der Waals surface area contributed by atoms with Gasteiger partial charge in [-0.15, -0.1) is 0 Å². The Labute approximate surface area is 116 Å². The van der Waals surface area contributed by atoms with E-state index in [9.17, 15) is 4.79 Å². The van der Waals surface area contributed by atoms with Crippen molar-refractivity contribution in [2.75, 3.05) is 0 Å². The molecule has 0 N–H and O–H groups in total. The van der Waals surface area contributed by atoms with Crippen molar-refractivity contribution in [1.82, 2.24) is 0 Å². The lowest BCUT2D eigenvalue weighted by atomic mass is 10.0. The third-order valence-electron chi connectivity index (χ3n) is 2.73. The Kier molecular flexibility index (Phi) is 6.59. The number of ketones is 1. The SMILES string of the molecule is CC.Cc1cccc(CC(=O)Cc2ccccc2)c1. The van der Waals surface area contributed by atoms with Gasteiger partial charge in [0, 0.05) is 12.8 Å². The first kappa shape index (κ1) is 15.2. The molecule has 0 aliphatic heterocycles. The highest BCUT2D eigenvalue weighted by molar-refractivity contribution is 5.83. The zero-order valence-electron chi connectivity index (χ0n) is 12.0. The van der Waals surface area contributed by atoms with Gasteiger partial charge in [0.15, 0.2) is 0 Å². The Bertz CT molecular complexity index is 500. The second-order valence-corrected chi connectivity index (χ2v) is 4.37. The molecule has 0 atom stereocenters. The number of benzene rings is 2. The second-order valence-electron chi connectivity index (χ2n) is 4.37. The molecule has 2 aromatic rings. The van der Waals surface area contributed by atoms with Gasteiger partial charge in [-0.05, 0) is 18.1 Å². The molecule has 2 rings (SSSR count). The van der Waals surface area contributed by atoms with Crippen molar-refractivity contribution in [3.05, 3.63) is 71.3 Å². The maximum atomic E-state index is 11.9. The molecule has 0 saturated carbocycles. The van der Waals surface area contributed by atoms with E-state index in [1.807, 2.05) is 69.3 Å². The zero-order chi connectivity index (χ0) is 14.1. The van der Waals surface area contributed by atoms with Crippen molar-refractivity contribution in [1.29, 1.82) is 0 Å². The molecule has 0 radical (unpaired) electrons. The first-order chi connectivity index (χ1) is 9.24. The fourth-order valence-electron chi connectivity index (χ4n) is 1.94. The van der Waals surface area contributed by atoms with Crippen LogP contribution in [0.25, 0.3) is 0 Å². The summed E-state index contributed by atoms with van der Waals surface area (Å²) < 4.78 is 0. The van der Waals surface area contributed by atoms with Crippen molar-refractivity contribution >= 4 is 5.78 Å². The molecule has 19 heavy (non-hydrogen) atoms. The summed E-state index contributed by atoms with van der Waals surface area (Å²) in [5, 5.41) is 0. The van der Waals surface area contributed by atoms with Gasteiger partial charge in [-0.3, -0.25) is 4.79 Å². The minimum Gasteiger partial charge on any atom is -0.299 e. The first-order valence-corrected chi connectivity index (χ1v) is 6.85. The van der Waals surface area contributed by atoms with Gasteiger partial charge in [0.1, 0.15) is 5.78 Å². The van der Waals surface area contributed by atoms with Gasteiger partial charge in [0.25, 0.3) is 0 Å². The van der Waals surface area contributed by atoms with Gasteiger partial charge in [-0.2, -0.15) is 0 Å². The molecule has 0 unspecified atom stereocenters. The Morgan fingerprint density at radius 3 is 2.05 bits per heavy atom.